The van der Waals surface area contributed by atoms with Crippen molar-refractivity contribution in [1.82, 2.24) is 4.90 Å². The molecule has 0 aromatic heterocycles. The van der Waals surface area contributed by atoms with Gasteiger partial charge in [0.1, 0.15) is 0 Å². The smallest absolute Gasteiger partial charge is 0.254 e. The fraction of sp³-hybridized carbons (Fsp3) is 0.364. The van der Waals surface area contributed by atoms with Crippen LogP contribution in [0.5, 0.6) is 11.5 Å². The maximum atomic E-state index is 13.2. The molecule has 1 aliphatic rings. The molecule has 0 radical (unpaired) electrons. The molecular weight excluding hydrogens is 356 g/mol. The summed E-state index contributed by atoms with van der Waals surface area (Å²) in [5, 5.41) is 0. The summed E-state index contributed by atoms with van der Waals surface area (Å²) in [7, 11) is 0. The quantitative estimate of drug-likeness (QED) is 0.745. The zero-order valence-corrected chi connectivity index (χ0v) is 16.3. The van der Waals surface area contributed by atoms with Gasteiger partial charge in [0, 0.05) is 30.3 Å². The maximum absolute atomic E-state index is 13.2. The lowest BCUT2D eigenvalue weighted by molar-refractivity contribution is 0.0786. The SMILES string of the molecule is CCOc1ccc(C(=O)c2ccccc2C(=O)N2CC[C@H](N)C2)cc1OCC. The van der Waals surface area contributed by atoms with E-state index < -0.39 is 0 Å². The summed E-state index contributed by atoms with van der Waals surface area (Å²) in [6, 6.07) is 12.0. The van der Waals surface area contributed by atoms with Gasteiger partial charge in [-0.2, -0.15) is 0 Å². The number of benzene rings is 2. The predicted molar refractivity (Wildman–Crippen MR) is 107 cm³/mol. The standard InChI is InChI=1S/C22H26N2O4/c1-3-27-19-10-9-15(13-20(19)28-4-2)21(25)17-7-5-6-8-18(17)22(26)24-12-11-16(23)14-24/h5-10,13,16H,3-4,11-12,14,23H2,1-2H3/t16-/m0/s1. The van der Waals surface area contributed by atoms with Crippen molar-refractivity contribution in [3.63, 3.8) is 0 Å². The van der Waals surface area contributed by atoms with Gasteiger partial charge in [0.25, 0.3) is 5.91 Å². The minimum absolute atomic E-state index is 0.00771. The van der Waals surface area contributed by atoms with Gasteiger partial charge in [-0.05, 0) is 44.5 Å². The van der Waals surface area contributed by atoms with Crippen molar-refractivity contribution in [2.75, 3.05) is 26.3 Å². The third-order valence-electron chi connectivity index (χ3n) is 4.72. The van der Waals surface area contributed by atoms with Crippen molar-refractivity contribution < 1.29 is 19.1 Å². The third-order valence-corrected chi connectivity index (χ3v) is 4.72. The average molecular weight is 382 g/mol. The van der Waals surface area contributed by atoms with Gasteiger partial charge in [0.2, 0.25) is 0 Å². The first-order valence-electron chi connectivity index (χ1n) is 9.63. The molecule has 1 heterocycles. The number of hydrogen-bond acceptors (Lipinski definition) is 5. The molecule has 28 heavy (non-hydrogen) atoms. The van der Waals surface area contributed by atoms with Gasteiger partial charge < -0.3 is 20.1 Å². The Bertz CT molecular complexity index is 865. The molecule has 148 valence electrons. The van der Waals surface area contributed by atoms with Gasteiger partial charge in [-0.25, -0.2) is 0 Å². The summed E-state index contributed by atoms with van der Waals surface area (Å²) in [4.78, 5) is 27.8. The summed E-state index contributed by atoms with van der Waals surface area (Å²) >= 11 is 0. The van der Waals surface area contributed by atoms with Gasteiger partial charge in [-0.3, -0.25) is 9.59 Å². The molecule has 3 rings (SSSR count). The minimum Gasteiger partial charge on any atom is -0.490 e. The number of carbonyl (C=O) groups is 2. The predicted octanol–water partition coefficient (Wildman–Crippen LogP) is 2.89. The van der Waals surface area contributed by atoms with E-state index in [0.717, 1.165) is 6.42 Å². The van der Waals surface area contributed by atoms with Crippen molar-refractivity contribution in [3.05, 3.63) is 59.2 Å². The second-order valence-corrected chi connectivity index (χ2v) is 6.70. The molecule has 2 N–H and O–H groups in total. The molecule has 2 aromatic rings. The molecule has 6 heteroatoms. The van der Waals surface area contributed by atoms with Gasteiger partial charge in [0.15, 0.2) is 17.3 Å². The molecule has 6 nitrogen and oxygen atoms in total. The molecule has 1 atom stereocenters. The maximum Gasteiger partial charge on any atom is 0.254 e. The van der Waals surface area contributed by atoms with Crippen LogP contribution >= 0.6 is 0 Å². The van der Waals surface area contributed by atoms with Crippen LogP contribution in [0, 0.1) is 0 Å². The van der Waals surface area contributed by atoms with E-state index in [9.17, 15) is 9.59 Å². The summed E-state index contributed by atoms with van der Waals surface area (Å²) in [6.45, 7) is 5.85. The van der Waals surface area contributed by atoms with E-state index >= 15 is 0 Å². The van der Waals surface area contributed by atoms with Crippen molar-refractivity contribution in [1.29, 1.82) is 0 Å². The van der Waals surface area contributed by atoms with Gasteiger partial charge in [-0.1, -0.05) is 18.2 Å². The van der Waals surface area contributed by atoms with Crippen molar-refractivity contribution in [2.24, 2.45) is 5.73 Å². The van der Waals surface area contributed by atoms with E-state index in [-0.39, 0.29) is 17.7 Å². The summed E-state index contributed by atoms with van der Waals surface area (Å²) in [5.41, 5.74) is 7.15. The molecule has 1 saturated heterocycles. The lowest BCUT2D eigenvalue weighted by atomic mass is 9.97. The van der Waals surface area contributed by atoms with Crippen LogP contribution in [0.2, 0.25) is 0 Å². The van der Waals surface area contributed by atoms with Gasteiger partial charge in [0.05, 0.1) is 18.8 Å². The highest BCUT2D eigenvalue weighted by atomic mass is 16.5. The molecule has 0 unspecified atom stereocenters. The second-order valence-electron chi connectivity index (χ2n) is 6.70. The van der Waals surface area contributed by atoms with Gasteiger partial charge >= 0.3 is 0 Å². The van der Waals surface area contributed by atoms with E-state index in [0.29, 0.717) is 54.5 Å². The fourth-order valence-electron chi connectivity index (χ4n) is 3.36. The number of carbonyl (C=O) groups excluding carboxylic acids is 2. The number of nitrogens with two attached hydrogens (primary N) is 1. The Hall–Kier alpha value is -2.86. The topological polar surface area (TPSA) is 81.9 Å². The summed E-state index contributed by atoms with van der Waals surface area (Å²) in [6.07, 6.45) is 0.776. The number of rotatable bonds is 7. The van der Waals surface area contributed by atoms with Crippen LogP contribution < -0.4 is 15.2 Å². The van der Waals surface area contributed by atoms with Crippen LogP contribution in [0.1, 0.15) is 46.5 Å². The lowest BCUT2D eigenvalue weighted by Crippen LogP contribution is -2.32. The number of ketones is 1. The average Bonchev–Trinajstić information content (AvgIpc) is 3.15. The molecular formula is C22H26N2O4. The van der Waals surface area contributed by atoms with E-state index in [1.165, 1.54) is 0 Å². The molecule has 1 amide bonds. The van der Waals surface area contributed by atoms with Crippen LogP contribution in [0.25, 0.3) is 0 Å². The second kappa shape index (κ2) is 8.89. The number of ether oxygens (including phenoxy) is 2. The monoisotopic (exact) mass is 382 g/mol. The Balaban J connectivity index is 1.93. The number of hydrogen-bond donors (Lipinski definition) is 1. The highest BCUT2D eigenvalue weighted by Crippen LogP contribution is 2.30. The first-order valence-corrected chi connectivity index (χ1v) is 9.63. The molecule has 1 aliphatic heterocycles. The zero-order valence-electron chi connectivity index (χ0n) is 16.3. The Morgan fingerprint density at radius 3 is 2.36 bits per heavy atom. The largest absolute Gasteiger partial charge is 0.490 e. The Labute approximate surface area is 165 Å². The fourth-order valence-corrected chi connectivity index (χ4v) is 3.36. The van der Waals surface area contributed by atoms with Crippen LogP contribution in [0.15, 0.2) is 42.5 Å². The van der Waals surface area contributed by atoms with E-state index in [2.05, 4.69) is 0 Å². The van der Waals surface area contributed by atoms with Crippen molar-refractivity contribution >= 4 is 11.7 Å². The van der Waals surface area contributed by atoms with Crippen molar-refractivity contribution in [2.45, 2.75) is 26.3 Å². The van der Waals surface area contributed by atoms with Crippen LogP contribution in [-0.2, 0) is 0 Å². The molecule has 0 saturated carbocycles. The van der Waals surface area contributed by atoms with Crippen LogP contribution in [-0.4, -0.2) is 48.9 Å². The molecule has 0 bridgehead atoms. The van der Waals surface area contributed by atoms with Gasteiger partial charge in [-0.15, -0.1) is 0 Å². The lowest BCUT2D eigenvalue weighted by Gasteiger charge is -2.18. The number of amides is 1. The van der Waals surface area contributed by atoms with Crippen LogP contribution in [0.3, 0.4) is 0 Å². The number of nitrogens with zero attached hydrogens (tertiary/aromatic N) is 1. The first kappa shape index (κ1) is 19.9. The molecule has 0 spiro atoms. The molecule has 0 aliphatic carbocycles. The van der Waals surface area contributed by atoms with Crippen LogP contribution in [0.4, 0.5) is 0 Å². The Morgan fingerprint density at radius 2 is 1.71 bits per heavy atom. The summed E-state index contributed by atoms with van der Waals surface area (Å²) < 4.78 is 11.2. The van der Waals surface area contributed by atoms with E-state index in [4.69, 9.17) is 15.2 Å². The highest BCUT2D eigenvalue weighted by molar-refractivity contribution is 6.15. The van der Waals surface area contributed by atoms with E-state index in [1.54, 1.807) is 47.4 Å². The first-order chi connectivity index (χ1) is 13.5. The Kier molecular flexibility index (Phi) is 6.31. The minimum atomic E-state index is -0.226. The summed E-state index contributed by atoms with van der Waals surface area (Å²) in [5.74, 6) is 0.727. The normalized spacial score (nSPS) is 16.1. The van der Waals surface area contributed by atoms with Crippen molar-refractivity contribution in [3.8, 4) is 11.5 Å². The number of likely N-dealkylation sites (tertiary alicyclic amines) is 1. The molecule has 2 aromatic carbocycles. The zero-order chi connectivity index (χ0) is 20.1. The third kappa shape index (κ3) is 4.17. The van der Waals surface area contributed by atoms with E-state index in [1.807, 2.05) is 13.8 Å². The Morgan fingerprint density at radius 1 is 1.04 bits per heavy atom. The highest BCUT2D eigenvalue weighted by Gasteiger charge is 2.27. The molecule has 1 fully saturated rings.